The monoisotopic (exact) mass is 181 g/mol. The normalized spacial score (nSPS) is 51.5. The van der Waals surface area contributed by atoms with Crippen molar-refractivity contribution in [3.63, 3.8) is 0 Å². The molecule has 0 radical (unpaired) electrons. The van der Waals surface area contributed by atoms with E-state index in [-0.39, 0.29) is 0 Å². The molecule has 0 aliphatic heterocycles. The molecular formula is C12H23N. The van der Waals surface area contributed by atoms with Gasteiger partial charge in [-0.15, -0.1) is 0 Å². The number of nitrogens with two attached hydrogens (primary N) is 1. The largest absolute Gasteiger partial charge is 0.327 e. The van der Waals surface area contributed by atoms with Crippen molar-refractivity contribution in [2.45, 2.75) is 52.0 Å². The average molecular weight is 181 g/mol. The minimum atomic E-state index is 0.586. The van der Waals surface area contributed by atoms with Crippen LogP contribution in [-0.2, 0) is 0 Å². The molecule has 0 spiro atoms. The zero-order chi connectivity index (χ0) is 9.42. The topological polar surface area (TPSA) is 26.0 Å². The van der Waals surface area contributed by atoms with Crippen LogP contribution in [0, 0.1) is 23.7 Å². The Bertz CT molecular complexity index is 148. The fraction of sp³-hybridized carbons (Fsp3) is 1.00. The van der Waals surface area contributed by atoms with E-state index in [4.69, 9.17) is 5.73 Å². The van der Waals surface area contributed by atoms with Crippen LogP contribution in [-0.4, -0.2) is 6.04 Å². The molecule has 0 saturated heterocycles. The van der Waals surface area contributed by atoms with Gasteiger partial charge in [0.15, 0.2) is 0 Å². The Hall–Kier alpha value is -0.0400. The molecule has 4 aliphatic rings. The molecule has 0 atom stereocenters. The Morgan fingerprint density at radius 2 is 1.15 bits per heavy atom. The fourth-order valence-corrected chi connectivity index (χ4v) is 3.97. The Morgan fingerprint density at radius 1 is 0.769 bits per heavy atom. The molecule has 4 bridgehead atoms. The molecule has 0 heterocycles. The predicted octanol–water partition coefficient (Wildman–Crippen LogP) is 2.80. The first-order chi connectivity index (χ1) is 6.33. The summed E-state index contributed by atoms with van der Waals surface area (Å²) in [6.07, 6.45) is 7.41. The van der Waals surface area contributed by atoms with Crippen molar-refractivity contribution in [2.24, 2.45) is 29.4 Å². The van der Waals surface area contributed by atoms with E-state index in [0.29, 0.717) is 6.04 Å². The van der Waals surface area contributed by atoms with Crippen LogP contribution in [0.25, 0.3) is 0 Å². The van der Waals surface area contributed by atoms with Gasteiger partial charge in [0.05, 0.1) is 0 Å². The number of rotatable bonds is 0. The quantitative estimate of drug-likeness (QED) is 0.611. The van der Waals surface area contributed by atoms with E-state index in [1.807, 2.05) is 13.8 Å². The van der Waals surface area contributed by atoms with Crippen LogP contribution >= 0.6 is 0 Å². The first-order valence-corrected chi connectivity index (χ1v) is 6.08. The Kier molecular flexibility index (Phi) is 2.64. The molecule has 0 aromatic heterocycles. The molecule has 76 valence electrons. The maximum Gasteiger partial charge on any atom is 0.00960 e. The van der Waals surface area contributed by atoms with Gasteiger partial charge < -0.3 is 5.73 Å². The highest BCUT2D eigenvalue weighted by atomic mass is 14.7. The van der Waals surface area contributed by atoms with Crippen molar-refractivity contribution in [2.75, 3.05) is 0 Å². The number of hydrogen-bond donors (Lipinski definition) is 1. The molecule has 1 heteroatoms. The Labute approximate surface area is 82.1 Å². The predicted molar refractivity (Wildman–Crippen MR) is 56.4 cm³/mol. The summed E-state index contributed by atoms with van der Waals surface area (Å²) in [5.41, 5.74) is 6.17. The molecule has 4 fully saturated rings. The van der Waals surface area contributed by atoms with Gasteiger partial charge in [-0.2, -0.15) is 0 Å². The first-order valence-electron chi connectivity index (χ1n) is 6.08. The molecule has 0 unspecified atom stereocenters. The molecular weight excluding hydrogens is 158 g/mol. The highest BCUT2D eigenvalue weighted by molar-refractivity contribution is 4.99. The van der Waals surface area contributed by atoms with E-state index < -0.39 is 0 Å². The molecule has 0 aromatic carbocycles. The number of hydrogen-bond acceptors (Lipinski definition) is 1. The van der Waals surface area contributed by atoms with Gasteiger partial charge >= 0.3 is 0 Å². The lowest BCUT2D eigenvalue weighted by molar-refractivity contribution is 0.000349. The third kappa shape index (κ3) is 1.52. The summed E-state index contributed by atoms with van der Waals surface area (Å²) in [5, 5.41) is 0. The Balaban J connectivity index is 0.000000308. The summed E-state index contributed by atoms with van der Waals surface area (Å²) >= 11 is 0. The van der Waals surface area contributed by atoms with Gasteiger partial charge in [-0.3, -0.25) is 0 Å². The molecule has 4 saturated carbocycles. The van der Waals surface area contributed by atoms with Gasteiger partial charge in [-0.25, -0.2) is 0 Å². The summed E-state index contributed by atoms with van der Waals surface area (Å²) in [5.74, 6) is 4.01. The van der Waals surface area contributed by atoms with Gasteiger partial charge in [-0.05, 0) is 55.8 Å². The lowest BCUT2D eigenvalue weighted by Crippen LogP contribution is -2.52. The molecule has 4 aliphatic carbocycles. The summed E-state index contributed by atoms with van der Waals surface area (Å²) < 4.78 is 0. The van der Waals surface area contributed by atoms with E-state index in [0.717, 1.165) is 23.7 Å². The smallest absolute Gasteiger partial charge is 0.00960 e. The molecule has 1 nitrogen and oxygen atoms in total. The van der Waals surface area contributed by atoms with E-state index >= 15 is 0 Å². The summed E-state index contributed by atoms with van der Waals surface area (Å²) in [6, 6.07) is 0.586. The van der Waals surface area contributed by atoms with E-state index in [2.05, 4.69) is 0 Å². The lowest BCUT2D eigenvalue weighted by atomic mass is 9.54. The van der Waals surface area contributed by atoms with Crippen molar-refractivity contribution >= 4 is 0 Å². The lowest BCUT2D eigenvalue weighted by Gasteiger charge is -2.53. The molecule has 2 N–H and O–H groups in total. The Morgan fingerprint density at radius 3 is 1.54 bits per heavy atom. The second-order valence-corrected chi connectivity index (χ2v) is 5.01. The summed E-state index contributed by atoms with van der Waals surface area (Å²) in [7, 11) is 0. The van der Waals surface area contributed by atoms with Crippen LogP contribution in [0.3, 0.4) is 0 Å². The third-order valence-corrected chi connectivity index (χ3v) is 4.30. The second kappa shape index (κ2) is 3.61. The summed E-state index contributed by atoms with van der Waals surface area (Å²) in [4.78, 5) is 0. The zero-order valence-electron chi connectivity index (χ0n) is 9.00. The average Bonchev–Trinajstić information content (AvgIpc) is 2.16. The third-order valence-electron chi connectivity index (χ3n) is 4.30. The molecule has 0 amide bonds. The van der Waals surface area contributed by atoms with Crippen LogP contribution in [0.5, 0.6) is 0 Å². The maximum absolute atomic E-state index is 6.17. The molecule has 4 rings (SSSR count). The van der Waals surface area contributed by atoms with Crippen LogP contribution in [0.2, 0.25) is 0 Å². The molecule has 0 aromatic rings. The van der Waals surface area contributed by atoms with Gasteiger partial charge in [0, 0.05) is 6.04 Å². The van der Waals surface area contributed by atoms with Crippen molar-refractivity contribution in [3.8, 4) is 0 Å². The minimum Gasteiger partial charge on any atom is -0.327 e. The van der Waals surface area contributed by atoms with E-state index in [1.165, 1.54) is 25.7 Å². The van der Waals surface area contributed by atoms with Crippen LogP contribution < -0.4 is 5.73 Å². The van der Waals surface area contributed by atoms with Gasteiger partial charge in [0.25, 0.3) is 0 Å². The van der Waals surface area contributed by atoms with Crippen LogP contribution in [0.15, 0.2) is 0 Å². The van der Waals surface area contributed by atoms with Crippen LogP contribution in [0.1, 0.15) is 46.0 Å². The van der Waals surface area contributed by atoms with Crippen molar-refractivity contribution in [1.29, 1.82) is 0 Å². The van der Waals surface area contributed by atoms with Crippen LogP contribution in [0.4, 0.5) is 0 Å². The van der Waals surface area contributed by atoms with Gasteiger partial charge in [-0.1, -0.05) is 13.8 Å². The first kappa shape index (κ1) is 9.51. The van der Waals surface area contributed by atoms with E-state index in [1.54, 1.807) is 6.42 Å². The second-order valence-electron chi connectivity index (χ2n) is 5.01. The SMILES string of the molecule is CC.NC1C2CC3CC(C2)CC1C3. The maximum atomic E-state index is 6.17. The minimum absolute atomic E-state index is 0.586. The van der Waals surface area contributed by atoms with Crippen molar-refractivity contribution < 1.29 is 0 Å². The summed E-state index contributed by atoms with van der Waals surface area (Å²) in [6.45, 7) is 4.00. The van der Waals surface area contributed by atoms with Gasteiger partial charge in [0.2, 0.25) is 0 Å². The van der Waals surface area contributed by atoms with E-state index in [9.17, 15) is 0 Å². The standard InChI is InChI=1S/C10H17N.C2H6/c11-10-8-2-6-1-7(4-8)5-9(10)3-6;1-2/h6-10H,1-5,11H2;1-2H3. The zero-order valence-corrected chi connectivity index (χ0v) is 9.00. The molecule has 13 heavy (non-hydrogen) atoms. The highest BCUT2D eigenvalue weighted by Gasteiger charge is 2.46. The van der Waals surface area contributed by atoms with Crippen molar-refractivity contribution in [3.05, 3.63) is 0 Å². The van der Waals surface area contributed by atoms with Crippen molar-refractivity contribution in [1.82, 2.24) is 0 Å². The fourth-order valence-electron chi connectivity index (χ4n) is 3.97. The highest BCUT2D eigenvalue weighted by Crippen LogP contribution is 2.52. The van der Waals surface area contributed by atoms with Gasteiger partial charge in [0.1, 0.15) is 0 Å².